The predicted octanol–water partition coefficient (Wildman–Crippen LogP) is 4.37. The van der Waals surface area contributed by atoms with Gasteiger partial charge < -0.3 is 4.74 Å². The number of nitrogens with zero attached hydrogens (tertiary/aromatic N) is 1. The number of halogens is 1. The molecule has 0 amide bonds. The molecule has 0 spiro atoms. The molecule has 3 nitrogen and oxygen atoms in total. The summed E-state index contributed by atoms with van der Waals surface area (Å²) in [5.41, 5.74) is 0.597. The Labute approximate surface area is 128 Å². The molecule has 0 N–H and O–H groups in total. The molecule has 0 saturated heterocycles. The van der Waals surface area contributed by atoms with Crippen molar-refractivity contribution in [1.82, 2.24) is 4.98 Å². The van der Waals surface area contributed by atoms with Crippen LogP contribution in [0, 0.1) is 5.82 Å². The Bertz CT molecular complexity index is 753. The quantitative estimate of drug-likeness (QED) is 0.670. The summed E-state index contributed by atoms with van der Waals surface area (Å²) in [5, 5.41) is 4.38. The van der Waals surface area contributed by atoms with Crippen LogP contribution in [-0.4, -0.2) is 11.0 Å². The van der Waals surface area contributed by atoms with Crippen LogP contribution in [0.1, 0.15) is 16.1 Å². The number of hydrogen-bond donors (Lipinski definition) is 0. The van der Waals surface area contributed by atoms with Gasteiger partial charge in [0.15, 0.2) is 5.69 Å². The lowest BCUT2D eigenvalue weighted by molar-refractivity contribution is 0.0463. The SMILES string of the molecule is O=C(OCc1ccccc1F)c1csc(-c2cccs2)n1. The van der Waals surface area contributed by atoms with Crippen molar-refractivity contribution in [1.29, 1.82) is 0 Å². The Kier molecular flexibility index (Phi) is 4.08. The normalized spacial score (nSPS) is 10.5. The van der Waals surface area contributed by atoms with Gasteiger partial charge in [0.05, 0.1) is 4.88 Å². The molecule has 0 aliphatic rings. The van der Waals surface area contributed by atoms with Crippen LogP contribution >= 0.6 is 22.7 Å². The topological polar surface area (TPSA) is 39.2 Å². The minimum absolute atomic E-state index is 0.0998. The molecule has 6 heteroatoms. The van der Waals surface area contributed by atoms with Crippen molar-refractivity contribution in [3.05, 3.63) is 64.2 Å². The largest absolute Gasteiger partial charge is 0.456 e. The lowest BCUT2D eigenvalue weighted by atomic mass is 10.2. The first-order valence-electron chi connectivity index (χ1n) is 6.14. The number of carbonyl (C=O) groups is 1. The number of hydrogen-bond acceptors (Lipinski definition) is 5. The minimum Gasteiger partial charge on any atom is -0.456 e. The molecule has 106 valence electrons. The van der Waals surface area contributed by atoms with Gasteiger partial charge in [-0.25, -0.2) is 14.2 Å². The van der Waals surface area contributed by atoms with E-state index in [-0.39, 0.29) is 18.1 Å². The number of thiazole rings is 1. The molecule has 1 aromatic carbocycles. The third-order valence-electron chi connectivity index (χ3n) is 2.76. The molecule has 0 unspecified atom stereocenters. The van der Waals surface area contributed by atoms with Crippen LogP contribution in [0.15, 0.2) is 47.2 Å². The van der Waals surface area contributed by atoms with Crippen molar-refractivity contribution >= 4 is 28.6 Å². The number of thiophene rings is 1. The van der Waals surface area contributed by atoms with Gasteiger partial charge in [0.2, 0.25) is 0 Å². The highest BCUT2D eigenvalue weighted by Crippen LogP contribution is 2.28. The first-order valence-corrected chi connectivity index (χ1v) is 7.90. The molecule has 0 fully saturated rings. The van der Waals surface area contributed by atoms with Gasteiger partial charge in [-0.1, -0.05) is 24.3 Å². The van der Waals surface area contributed by atoms with E-state index in [0.29, 0.717) is 5.56 Å². The highest BCUT2D eigenvalue weighted by Gasteiger charge is 2.14. The summed E-state index contributed by atoms with van der Waals surface area (Å²) < 4.78 is 18.5. The predicted molar refractivity (Wildman–Crippen MR) is 80.9 cm³/mol. The van der Waals surface area contributed by atoms with E-state index in [1.54, 1.807) is 34.9 Å². The molecule has 0 bridgehead atoms. The standard InChI is InChI=1S/C15H10FNO2S2/c16-11-5-2-1-4-10(11)8-19-15(18)12-9-21-14(17-12)13-6-3-7-20-13/h1-7,9H,8H2. The zero-order chi connectivity index (χ0) is 14.7. The monoisotopic (exact) mass is 319 g/mol. The molecular formula is C15H10FNO2S2. The average molecular weight is 319 g/mol. The van der Waals surface area contributed by atoms with Crippen molar-refractivity contribution in [3.63, 3.8) is 0 Å². The Morgan fingerprint density at radius 1 is 1.19 bits per heavy atom. The Morgan fingerprint density at radius 3 is 2.81 bits per heavy atom. The molecule has 2 aromatic heterocycles. The van der Waals surface area contributed by atoms with Crippen LogP contribution in [0.25, 0.3) is 9.88 Å². The van der Waals surface area contributed by atoms with E-state index >= 15 is 0 Å². The number of esters is 1. The maximum atomic E-state index is 13.4. The lowest BCUT2D eigenvalue weighted by Gasteiger charge is -2.03. The third kappa shape index (κ3) is 3.17. The van der Waals surface area contributed by atoms with Crippen LogP contribution in [-0.2, 0) is 11.3 Å². The fourth-order valence-corrected chi connectivity index (χ4v) is 3.32. The first-order chi connectivity index (χ1) is 10.2. The Balaban J connectivity index is 1.68. The molecule has 0 aliphatic heterocycles. The summed E-state index contributed by atoms with van der Waals surface area (Å²) in [6, 6.07) is 10.1. The van der Waals surface area contributed by atoms with E-state index in [1.807, 2.05) is 17.5 Å². The average Bonchev–Trinajstić information content (AvgIpc) is 3.16. The second kappa shape index (κ2) is 6.15. The maximum Gasteiger partial charge on any atom is 0.358 e. The van der Waals surface area contributed by atoms with E-state index in [1.165, 1.54) is 17.4 Å². The Morgan fingerprint density at radius 2 is 2.05 bits per heavy atom. The molecule has 21 heavy (non-hydrogen) atoms. The zero-order valence-corrected chi connectivity index (χ0v) is 12.4. The third-order valence-corrected chi connectivity index (χ3v) is 4.64. The molecule has 3 aromatic rings. The van der Waals surface area contributed by atoms with E-state index < -0.39 is 5.97 Å². The molecule has 0 saturated carbocycles. The highest BCUT2D eigenvalue weighted by molar-refractivity contribution is 7.20. The number of carbonyl (C=O) groups excluding carboxylic acids is 1. The van der Waals surface area contributed by atoms with Gasteiger partial charge in [-0.2, -0.15) is 0 Å². The molecular weight excluding hydrogens is 309 g/mol. The lowest BCUT2D eigenvalue weighted by Crippen LogP contribution is -2.06. The van der Waals surface area contributed by atoms with E-state index in [9.17, 15) is 9.18 Å². The highest BCUT2D eigenvalue weighted by atomic mass is 32.1. The van der Waals surface area contributed by atoms with Gasteiger partial charge in [-0.3, -0.25) is 0 Å². The van der Waals surface area contributed by atoms with Crippen LogP contribution in [0.2, 0.25) is 0 Å². The fourth-order valence-electron chi connectivity index (χ4n) is 1.71. The zero-order valence-electron chi connectivity index (χ0n) is 10.8. The first kappa shape index (κ1) is 13.9. The number of benzene rings is 1. The maximum absolute atomic E-state index is 13.4. The van der Waals surface area contributed by atoms with E-state index in [0.717, 1.165) is 9.88 Å². The molecule has 3 rings (SSSR count). The molecule has 2 heterocycles. The summed E-state index contributed by atoms with van der Waals surface area (Å²) in [5.74, 6) is -0.930. The van der Waals surface area contributed by atoms with Crippen molar-refractivity contribution in [2.24, 2.45) is 0 Å². The molecule has 0 radical (unpaired) electrons. The summed E-state index contributed by atoms with van der Waals surface area (Å²) >= 11 is 2.94. The van der Waals surface area contributed by atoms with Gasteiger partial charge in [-0.05, 0) is 17.5 Å². The van der Waals surface area contributed by atoms with Crippen molar-refractivity contribution in [2.75, 3.05) is 0 Å². The van der Waals surface area contributed by atoms with Gasteiger partial charge in [0.25, 0.3) is 0 Å². The Hall–Kier alpha value is -2.05. The van der Waals surface area contributed by atoms with Crippen molar-refractivity contribution in [2.45, 2.75) is 6.61 Å². The van der Waals surface area contributed by atoms with Crippen molar-refractivity contribution < 1.29 is 13.9 Å². The summed E-state index contributed by atoms with van der Waals surface area (Å²) in [7, 11) is 0. The van der Waals surface area contributed by atoms with Crippen LogP contribution in [0.5, 0.6) is 0 Å². The summed E-state index contributed by atoms with van der Waals surface area (Å²) in [6.07, 6.45) is 0. The van der Waals surface area contributed by atoms with Crippen LogP contribution in [0.4, 0.5) is 4.39 Å². The van der Waals surface area contributed by atoms with Crippen LogP contribution < -0.4 is 0 Å². The number of aromatic nitrogens is 1. The summed E-state index contributed by atoms with van der Waals surface area (Å²) in [4.78, 5) is 17.2. The summed E-state index contributed by atoms with van der Waals surface area (Å²) in [6.45, 7) is -0.0998. The van der Waals surface area contributed by atoms with E-state index in [2.05, 4.69) is 4.98 Å². The number of rotatable bonds is 4. The van der Waals surface area contributed by atoms with Gasteiger partial charge in [-0.15, -0.1) is 22.7 Å². The second-order valence-corrected chi connectivity index (χ2v) is 5.99. The molecule has 0 atom stereocenters. The molecule has 0 aliphatic carbocycles. The van der Waals surface area contributed by atoms with Crippen LogP contribution in [0.3, 0.4) is 0 Å². The second-order valence-electron chi connectivity index (χ2n) is 4.18. The van der Waals surface area contributed by atoms with Gasteiger partial charge in [0, 0.05) is 10.9 Å². The fraction of sp³-hybridized carbons (Fsp3) is 0.0667. The van der Waals surface area contributed by atoms with E-state index in [4.69, 9.17) is 4.74 Å². The smallest absolute Gasteiger partial charge is 0.358 e. The minimum atomic E-state index is -0.544. The van der Waals surface area contributed by atoms with Gasteiger partial charge in [0.1, 0.15) is 17.4 Å². The number of ether oxygens (including phenoxy) is 1. The van der Waals surface area contributed by atoms with Gasteiger partial charge >= 0.3 is 5.97 Å². The van der Waals surface area contributed by atoms with Crippen molar-refractivity contribution in [3.8, 4) is 9.88 Å².